The average Bonchev–Trinajstić information content (AvgIpc) is 2.27. The molecule has 0 bridgehead atoms. The molecule has 0 aliphatic carbocycles. The van der Waals surface area contributed by atoms with Crippen LogP contribution < -0.4 is 0 Å². The Morgan fingerprint density at radius 1 is 1.20 bits per heavy atom. The Kier molecular flexibility index (Phi) is 2.69. The maximum atomic E-state index is 9.53. The highest BCUT2D eigenvalue weighted by Gasteiger charge is 2.11. The van der Waals surface area contributed by atoms with Crippen molar-refractivity contribution in [2.75, 3.05) is 0 Å². The van der Waals surface area contributed by atoms with E-state index in [2.05, 4.69) is 17.1 Å². The van der Waals surface area contributed by atoms with Crippen molar-refractivity contribution in [1.29, 1.82) is 0 Å². The number of aliphatic hydroxyl groups is 1. The van der Waals surface area contributed by atoms with Gasteiger partial charge >= 0.3 is 0 Å². The maximum absolute atomic E-state index is 9.53. The summed E-state index contributed by atoms with van der Waals surface area (Å²) in [6.07, 6.45) is 1.46. The molecule has 2 heteroatoms. The third-order valence-electron chi connectivity index (χ3n) is 2.88. The van der Waals surface area contributed by atoms with Crippen LogP contribution in [0.3, 0.4) is 0 Å². The number of nitrogens with zero attached hydrogens (tertiary/aromatic N) is 1. The number of aromatic nitrogens is 1. The van der Waals surface area contributed by atoms with Crippen molar-refractivity contribution in [1.82, 2.24) is 4.98 Å². The lowest BCUT2D eigenvalue weighted by Crippen LogP contribution is -2.10. The van der Waals surface area contributed by atoms with Crippen LogP contribution in [0.25, 0.3) is 10.9 Å². The first-order chi connectivity index (χ1) is 7.18. The quantitative estimate of drug-likeness (QED) is 0.810. The molecule has 2 atom stereocenters. The second kappa shape index (κ2) is 3.99. The Morgan fingerprint density at radius 3 is 2.73 bits per heavy atom. The summed E-state index contributed by atoms with van der Waals surface area (Å²) in [4.78, 5) is 4.30. The number of hydrogen-bond donors (Lipinski definition) is 1. The number of pyridine rings is 1. The molecule has 0 aliphatic rings. The van der Waals surface area contributed by atoms with Crippen LogP contribution in [0.5, 0.6) is 0 Å². The zero-order valence-electron chi connectivity index (χ0n) is 9.01. The maximum Gasteiger partial charge on any atom is 0.0704 e. The number of rotatable bonds is 2. The zero-order chi connectivity index (χ0) is 10.8. The summed E-state index contributed by atoms with van der Waals surface area (Å²) in [5.41, 5.74) is 2.12. The molecule has 0 amide bonds. The highest BCUT2D eigenvalue weighted by molar-refractivity contribution is 5.78. The molecule has 1 N–H and O–H groups in total. The van der Waals surface area contributed by atoms with Crippen LogP contribution in [-0.4, -0.2) is 16.2 Å². The normalized spacial score (nSPS) is 15.1. The second-order valence-electron chi connectivity index (χ2n) is 3.98. The fourth-order valence-electron chi connectivity index (χ4n) is 1.65. The van der Waals surface area contributed by atoms with Gasteiger partial charge in [0.05, 0.1) is 11.6 Å². The Balaban J connectivity index is 2.47. The van der Waals surface area contributed by atoms with E-state index in [9.17, 15) is 5.11 Å². The standard InChI is InChI=1S/C13H15NO/c1-9(10(2)15)12-6-5-11-4-3-7-14-13(11)8-12/h3-10,15H,1-2H3. The van der Waals surface area contributed by atoms with Gasteiger partial charge < -0.3 is 5.11 Å². The molecule has 2 nitrogen and oxygen atoms in total. The molecule has 0 aliphatic heterocycles. The van der Waals surface area contributed by atoms with E-state index < -0.39 is 0 Å². The fourth-order valence-corrected chi connectivity index (χ4v) is 1.65. The van der Waals surface area contributed by atoms with Gasteiger partial charge in [0.15, 0.2) is 0 Å². The molecule has 0 fully saturated rings. The van der Waals surface area contributed by atoms with Gasteiger partial charge in [0.25, 0.3) is 0 Å². The highest BCUT2D eigenvalue weighted by atomic mass is 16.3. The third-order valence-corrected chi connectivity index (χ3v) is 2.88. The van der Waals surface area contributed by atoms with Crippen molar-refractivity contribution in [3.63, 3.8) is 0 Å². The Morgan fingerprint density at radius 2 is 2.00 bits per heavy atom. The van der Waals surface area contributed by atoms with E-state index in [4.69, 9.17) is 0 Å². The predicted molar refractivity (Wildman–Crippen MR) is 61.8 cm³/mol. The third kappa shape index (κ3) is 2.00. The van der Waals surface area contributed by atoms with E-state index in [1.807, 2.05) is 32.0 Å². The van der Waals surface area contributed by atoms with Gasteiger partial charge in [-0.1, -0.05) is 25.1 Å². The lowest BCUT2D eigenvalue weighted by Gasteiger charge is -2.15. The molecule has 2 rings (SSSR count). The van der Waals surface area contributed by atoms with Gasteiger partial charge in [-0.3, -0.25) is 4.98 Å². The minimum absolute atomic E-state index is 0.149. The van der Waals surface area contributed by atoms with E-state index in [1.165, 1.54) is 0 Å². The average molecular weight is 201 g/mol. The minimum atomic E-state index is -0.328. The van der Waals surface area contributed by atoms with Crippen LogP contribution >= 0.6 is 0 Å². The van der Waals surface area contributed by atoms with Crippen molar-refractivity contribution in [2.45, 2.75) is 25.9 Å². The summed E-state index contributed by atoms with van der Waals surface area (Å²) in [5, 5.41) is 10.7. The Labute approximate surface area is 89.6 Å². The van der Waals surface area contributed by atoms with Crippen molar-refractivity contribution in [3.8, 4) is 0 Å². The predicted octanol–water partition coefficient (Wildman–Crippen LogP) is 2.72. The van der Waals surface area contributed by atoms with Gasteiger partial charge in [-0.15, -0.1) is 0 Å². The smallest absolute Gasteiger partial charge is 0.0704 e. The minimum Gasteiger partial charge on any atom is -0.393 e. The molecule has 2 aromatic rings. The van der Waals surface area contributed by atoms with E-state index in [-0.39, 0.29) is 12.0 Å². The summed E-state index contributed by atoms with van der Waals surface area (Å²) < 4.78 is 0. The second-order valence-corrected chi connectivity index (χ2v) is 3.98. The van der Waals surface area contributed by atoms with Gasteiger partial charge in [-0.25, -0.2) is 0 Å². The van der Waals surface area contributed by atoms with Gasteiger partial charge in [-0.2, -0.15) is 0 Å². The number of hydrogen-bond acceptors (Lipinski definition) is 2. The van der Waals surface area contributed by atoms with Crippen molar-refractivity contribution in [2.24, 2.45) is 0 Å². The first kappa shape index (κ1) is 10.1. The summed E-state index contributed by atoms with van der Waals surface area (Å²) in [7, 11) is 0. The van der Waals surface area contributed by atoms with E-state index in [1.54, 1.807) is 6.20 Å². The molecule has 78 valence electrons. The zero-order valence-corrected chi connectivity index (χ0v) is 9.01. The van der Waals surface area contributed by atoms with Crippen LogP contribution in [0.1, 0.15) is 25.3 Å². The van der Waals surface area contributed by atoms with Gasteiger partial charge in [-0.05, 0) is 24.6 Å². The first-order valence-electron chi connectivity index (χ1n) is 5.21. The molecular formula is C13H15NO. The summed E-state index contributed by atoms with van der Waals surface area (Å²) >= 11 is 0. The van der Waals surface area contributed by atoms with Crippen LogP contribution in [0, 0.1) is 0 Å². The molecule has 1 aromatic heterocycles. The van der Waals surface area contributed by atoms with Crippen molar-refractivity contribution in [3.05, 3.63) is 42.1 Å². The number of fused-ring (bicyclic) bond motifs is 1. The Hall–Kier alpha value is -1.41. The van der Waals surface area contributed by atoms with E-state index >= 15 is 0 Å². The number of aliphatic hydroxyl groups excluding tert-OH is 1. The highest BCUT2D eigenvalue weighted by Crippen LogP contribution is 2.22. The summed E-state index contributed by atoms with van der Waals surface area (Å²) in [6.45, 7) is 3.84. The van der Waals surface area contributed by atoms with Gasteiger partial charge in [0.1, 0.15) is 0 Å². The molecule has 15 heavy (non-hydrogen) atoms. The van der Waals surface area contributed by atoms with E-state index in [0.717, 1.165) is 16.5 Å². The molecule has 1 aromatic carbocycles. The van der Waals surface area contributed by atoms with Crippen LogP contribution in [0.2, 0.25) is 0 Å². The summed E-state index contributed by atoms with van der Waals surface area (Å²) in [5.74, 6) is 0.149. The monoisotopic (exact) mass is 201 g/mol. The molecule has 0 radical (unpaired) electrons. The summed E-state index contributed by atoms with van der Waals surface area (Å²) in [6, 6.07) is 10.1. The SMILES string of the molecule is CC(O)C(C)c1ccc2cccnc2c1. The van der Waals surface area contributed by atoms with Crippen molar-refractivity contribution >= 4 is 10.9 Å². The Bertz CT molecular complexity index is 465. The topological polar surface area (TPSA) is 33.1 Å². The van der Waals surface area contributed by atoms with Gasteiger partial charge in [0, 0.05) is 17.5 Å². The molecule has 0 saturated carbocycles. The molecule has 0 spiro atoms. The largest absolute Gasteiger partial charge is 0.393 e. The molecule has 2 unspecified atom stereocenters. The van der Waals surface area contributed by atoms with Crippen molar-refractivity contribution < 1.29 is 5.11 Å². The van der Waals surface area contributed by atoms with Crippen LogP contribution in [0.15, 0.2) is 36.5 Å². The van der Waals surface area contributed by atoms with Crippen LogP contribution in [-0.2, 0) is 0 Å². The van der Waals surface area contributed by atoms with E-state index in [0.29, 0.717) is 0 Å². The molecule has 1 heterocycles. The molecule has 0 saturated heterocycles. The number of benzene rings is 1. The lowest BCUT2D eigenvalue weighted by atomic mass is 9.95. The molecular weight excluding hydrogens is 186 g/mol. The van der Waals surface area contributed by atoms with Crippen LogP contribution in [0.4, 0.5) is 0 Å². The first-order valence-corrected chi connectivity index (χ1v) is 5.21. The van der Waals surface area contributed by atoms with Gasteiger partial charge in [0.2, 0.25) is 0 Å². The lowest BCUT2D eigenvalue weighted by molar-refractivity contribution is 0.169. The fraction of sp³-hybridized carbons (Fsp3) is 0.308.